The Morgan fingerprint density at radius 3 is 2.67 bits per heavy atom. The molecule has 0 spiro atoms. The third kappa shape index (κ3) is 2.54. The number of aromatic nitrogens is 1. The van der Waals surface area contributed by atoms with Crippen molar-refractivity contribution in [1.29, 1.82) is 0 Å². The van der Waals surface area contributed by atoms with E-state index in [-0.39, 0.29) is 17.1 Å². The Bertz CT molecular complexity index is 446. The van der Waals surface area contributed by atoms with E-state index in [4.69, 9.17) is 0 Å². The van der Waals surface area contributed by atoms with Gasteiger partial charge in [0.15, 0.2) is 23.3 Å². The summed E-state index contributed by atoms with van der Waals surface area (Å²) in [5.41, 5.74) is 0.139. The Labute approximate surface area is 106 Å². The summed E-state index contributed by atoms with van der Waals surface area (Å²) >= 11 is 0. The molecule has 0 bridgehead atoms. The molecule has 0 amide bonds. The first-order chi connectivity index (χ1) is 8.43. The predicted octanol–water partition coefficient (Wildman–Crippen LogP) is 3.03. The van der Waals surface area contributed by atoms with Crippen LogP contribution in [-0.4, -0.2) is 25.1 Å². The van der Waals surface area contributed by atoms with Crippen LogP contribution in [0, 0.1) is 17.0 Å². The molecule has 1 fully saturated rings. The van der Waals surface area contributed by atoms with E-state index in [9.17, 15) is 8.78 Å². The van der Waals surface area contributed by atoms with E-state index in [1.165, 1.54) is 0 Å². The van der Waals surface area contributed by atoms with Gasteiger partial charge >= 0.3 is 0 Å². The minimum absolute atomic E-state index is 0.0924. The van der Waals surface area contributed by atoms with Crippen LogP contribution in [0.2, 0.25) is 0 Å². The van der Waals surface area contributed by atoms with Crippen molar-refractivity contribution in [3.8, 4) is 0 Å². The Morgan fingerprint density at radius 2 is 2.06 bits per heavy atom. The number of hydrogen-bond acceptors (Lipinski definition) is 3. The second kappa shape index (κ2) is 4.71. The van der Waals surface area contributed by atoms with Crippen molar-refractivity contribution in [3.63, 3.8) is 0 Å². The summed E-state index contributed by atoms with van der Waals surface area (Å²) in [4.78, 5) is 5.95. The molecule has 0 atom stereocenters. The minimum atomic E-state index is -0.657. The molecule has 1 saturated heterocycles. The van der Waals surface area contributed by atoms with Crippen molar-refractivity contribution < 1.29 is 8.78 Å². The highest BCUT2D eigenvalue weighted by Gasteiger charge is 2.29. The molecule has 3 nitrogen and oxygen atoms in total. The topological polar surface area (TPSA) is 28.2 Å². The van der Waals surface area contributed by atoms with E-state index in [1.807, 2.05) is 4.90 Å². The molecular weight excluding hydrogens is 236 g/mol. The van der Waals surface area contributed by atoms with Gasteiger partial charge in [0.2, 0.25) is 0 Å². The standard InChI is InChI=1S/C13H19F2N3/c1-13(2)5-4-6-18(8-13)12-10(15)7-9(14)11(16-3)17-12/h7H,4-6,8H2,1-3H3,(H,16,17). The van der Waals surface area contributed by atoms with E-state index in [1.54, 1.807) is 7.05 Å². The van der Waals surface area contributed by atoms with Crippen LogP contribution in [0.4, 0.5) is 20.4 Å². The minimum Gasteiger partial charge on any atom is -0.371 e. The van der Waals surface area contributed by atoms with E-state index < -0.39 is 11.6 Å². The van der Waals surface area contributed by atoms with Crippen molar-refractivity contribution in [1.82, 2.24) is 4.98 Å². The summed E-state index contributed by atoms with van der Waals surface area (Å²) in [6, 6.07) is 0.899. The van der Waals surface area contributed by atoms with Gasteiger partial charge in [0.05, 0.1) is 0 Å². The molecule has 1 aromatic rings. The molecule has 0 saturated carbocycles. The van der Waals surface area contributed by atoms with Crippen LogP contribution in [0.3, 0.4) is 0 Å². The fraction of sp³-hybridized carbons (Fsp3) is 0.615. The Kier molecular flexibility index (Phi) is 3.41. The normalized spacial score (nSPS) is 18.8. The molecule has 0 unspecified atom stereocenters. The lowest BCUT2D eigenvalue weighted by Gasteiger charge is -2.38. The van der Waals surface area contributed by atoms with Gasteiger partial charge in [-0.05, 0) is 18.3 Å². The second-order valence-corrected chi connectivity index (χ2v) is 5.56. The molecule has 2 rings (SSSR count). The average molecular weight is 255 g/mol. The molecule has 0 radical (unpaired) electrons. The summed E-state index contributed by atoms with van der Waals surface area (Å²) in [6.07, 6.45) is 2.12. The van der Waals surface area contributed by atoms with E-state index in [2.05, 4.69) is 24.1 Å². The molecule has 2 heterocycles. The van der Waals surface area contributed by atoms with E-state index >= 15 is 0 Å². The van der Waals surface area contributed by atoms with Crippen molar-refractivity contribution in [2.24, 2.45) is 5.41 Å². The smallest absolute Gasteiger partial charge is 0.168 e. The van der Waals surface area contributed by atoms with Gasteiger partial charge in [-0.25, -0.2) is 13.8 Å². The average Bonchev–Trinajstić information content (AvgIpc) is 2.27. The highest BCUT2D eigenvalue weighted by atomic mass is 19.1. The summed E-state index contributed by atoms with van der Waals surface area (Å²) in [6.45, 7) is 5.81. The zero-order valence-electron chi connectivity index (χ0n) is 11.1. The lowest BCUT2D eigenvalue weighted by atomic mass is 9.84. The predicted molar refractivity (Wildman–Crippen MR) is 68.9 cm³/mol. The number of anilines is 2. The fourth-order valence-corrected chi connectivity index (χ4v) is 2.46. The maximum atomic E-state index is 13.8. The van der Waals surface area contributed by atoms with Crippen LogP contribution in [0.1, 0.15) is 26.7 Å². The molecule has 0 aliphatic carbocycles. The fourth-order valence-electron chi connectivity index (χ4n) is 2.46. The monoisotopic (exact) mass is 255 g/mol. The number of pyridine rings is 1. The molecule has 1 N–H and O–H groups in total. The lowest BCUT2D eigenvalue weighted by molar-refractivity contribution is 0.290. The summed E-state index contributed by atoms with van der Waals surface area (Å²) in [5, 5.41) is 2.64. The van der Waals surface area contributed by atoms with Gasteiger partial charge in [-0.15, -0.1) is 0 Å². The van der Waals surface area contributed by atoms with Crippen molar-refractivity contribution in [2.75, 3.05) is 30.4 Å². The maximum Gasteiger partial charge on any atom is 0.168 e. The summed E-state index contributed by atoms with van der Waals surface area (Å²) in [7, 11) is 1.58. The van der Waals surface area contributed by atoms with Gasteiger partial charge in [-0.2, -0.15) is 0 Å². The van der Waals surface area contributed by atoms with Crippen molar-refractivity contribution in [3.05, 3.63) is 17.7 Å². The zero-order valence-corrected chi connectivity index (χ0v) is 11.1. The molecule has 1 aromatic heterocycles. The Hall–Kier alpha value is -1.39. The molecule has 18 heavy (non-hydrogen) atoms. The highest BCUT2D eigenvalue weighted by molar-refractivity contribution is 5.49. The number of halogens is 2. The molecule has 0 aromatic carbocycles. The summed E-state index contributed by atoms with van der Waals surface area (Å²) < 4.78 is 27.2. The third-order valence-corrected chi connectivity index (χ3v) is 3.35. The van der Waals surface area contributed by atoms with Crippen molar-refractivity contribution >= 4 is 11.6 Å². The first kappa shape index (κ1) is 13.1. The van der Waals surface area contributed by atoms with E-state index in [0.717, 1.165) is 32.0 Å². The van der Waals surface area contributed by atoms with E-state index in [0.29, 0.717) is 0 Å². The van der Waals surface area contributed by atoms with Crippen LogP contribution in [-0.2, 0) is 0 Å². The first-order valence-electron chi connectivity index (χ1n) is 6.22. The SMILES string of the molecule is CNc1nc(N2CCCC(C)(C)C2)c(F)cc1F. The first-order valence-corrected chi connectivity index (χ1v) is 6.22. The molecule has 1 aliphatic heterocycles. The Balaban J connectivity index is 2.32. The largest absolute Gasteiger partial charge is 0.371 e. The third-order valence-electron chi connectivity index (χ3n) is 3.35. The second-order valence-electron chi connectivity index (χ2n) is 5.56. The highest BCUT2D eigenvalue weighted by Crippen LogP contribution is 2.32. The van der Waals surface area contributed by atoms with Gasteiger partial charge in [-0.1, -0.05) is 13.8 Å². The van der Waals surface area contributed by atoms with Gasteiger partial charge in [0.1, 0.15) is 0 Å². The van der Waals surface area contributed by atoms with Crippen LogP contribution < -0.4 is 10.2 Å². The quantitative estimate of drug-likeness (QED) is 0.880. The van der Waals surface area contributed by atoms with Crippen LogP contribution in [0.25, 0.3) is 0 Å². The zero-order chi connectivity index (χ0) is 13.3. The van der Waals surface area contributed by atoms with Gasteiger partial charge < -0.3 is 10.2 Å². The Morgan fingerprint density at radius 1 is 1.33 bits per heavy atom. The molecule has 100 valence electrons. The maximum absolute atomic E-state index is 13.8. The number of nitrogens with zero attached hydrogens (tertiary/aromatic N) is 2. The molecule has 1 aliphatic rings. The van der Waals surface area contributed by atoms with Crippen molar-refractivity contribution in [2.45, 2.75) is 26.7 Å². The lowest BCUT2D eigenvalue weighted by Crippen LogP contribution is -2.41. The number of hydrogen-bond donors (Lipinski definition) is 1. The van der Waals surface area contributed by atoms with Gasteiger partial charge in [0, 0.05) is 26.2 Å². The number of nitrogens with one attached hydrogen (secondary N) is 1. The number of piperidine rings is 1. The van der Waals surface area contributed by atoms with Crippen LogP contribution in [0.5, 0.6) is 0 Å². The molecule has 5 heteroatoms. The summed E-state index contributed by atoms with van der Waals surface area (Å²) in [5.74, 6) is -0.914. The van der Waals surface area contributed by atoms with Gasteiger partial charge in [0.25, 0.3) is 0 Å². The van der Waals surface area contributed by atoms with Gasteiger partial charge in [-0.3, -0.25) is 0 Å². The van der Waals surface area contributed by atoms with Crippen LogP contribution in [0.15, 0.2) is 6.07 Å². The number of rotatable bonds is 2. The molecular formula is C13H19F2N3. The van der Waals surface area contributed by atoms with Crippen LogP contribution >= 0.6 is 0 Å².